The average molecular weight is 566 g/mol. The van der Waals surface area contributed by atoms with E-state index in [9.17, 15) is 4.79 Å². The molecular formula is C27H23IN2O4. The molecule has 4 aromatic carbocycles. The number of nitrogens with zero attached hydrogens (tertiary/aromatic N) is 1. The van der Waals surface area contributed by atoms with E-state index < -0.39 is 0 Å². The quantitative estimate of drug-likeness (QED) is 0.166. The van der Waals surface area contributed by atoms with Crippen LogP contribution in [0.2, 0.25) is 0 Å². The van der Waals surface area contributed by atoms with E-state index in [0.717, 1.165) is 25.5 Å². The van der Waals surface area contributed by atoms with E-state index in [0.29, 0.717) is 29.4 Å². The molecule has 0 aliphatic carbocycles. The maximum atomic E-state index is 12.8. The summed E-state index contributed by atoms with van der Waals surface area (Å²) in [5.41, 5.74) is 4.82. The summed E-state index contributed by atoms with van der Waals surface area (Å²) in [6.45, 7) is 0.435. The summed E-state index contributed by atoms with van der Waals surface area (Å²) in [6.07, 6.45) is 1.57. The zero-order valence-corrected chi connectivity index (χ0v) is 20.9. The lowest BCUT2D eigenvalue weighted by Gasteiger charge is -2.13. The van der Waals surface area contributed by atoms with Gasteiger partial charge in [-0.15, -0.1) is 0 Å². The Bertz CT molecular complexity index is 1340. The predicted molar refractivity (Wildman–Crippen MR) is 142 cm³/mol. The van der Waals surface area contributed by atoms with E-state index in [2.05, 4.69) is 33.1 Å². The fourth-order valence-corrected chi connectivity index (χ4v) is 4.26. The van der Waals surface area contributed by atoms with Crippen molar-refractivity contribution in [2.45, 2.75) is 6.61 Å². The van der Waals surface area contributed by atoms with Gasteiger partial charge in [-0.25, -0.2) is 5.43 Å². The molecule has 0 saturated heterocycles. The number of hydrazone groups is 1. The maximum Gasteiger partial charge on any atom is 0.275 e. The van der Waals surface area contributed by atoms with E-state index in [1.54, 1.807) is 26.5 Å². The van der Waals surface area contributed by atoms with Gasteiger partial charge in [0.1, 0.15) is 12.4 Å². The minimum absolute atomic E-state index is 0.358. The van der Waals surface area contributed by atoms with Crippen molar-refractivity contribution in [1.29, 1.82) is 0 Å². The Morgan fingerprint density at radius 2 is 1.59 bits per heavy atom. The molecule has 6 nitrogen and oxygen atoms in total. The van der Waals surface area contributed by atoms with E-state index in [4.69, 9.17) is 14.2 Å². The highest BCUT2D eigenvalue weighted by molar-refractivity contribution is 14.1. The molecule has 0 fully saturated rings. The first-order chi connectivity index (χ1) is 16.6. The van der Waals surface area contributed by atoms with Crippen LogP contribution >= 0.6 is 22.6 Å². The Morgan fingerprint density at radius 1 is 0.912 bits per heavy atom. The second-order valence-corrected chi connectivity index (χ2v) is 8.57. The molecule has 7 heteroatoms. The van der Waals surface area contributed by atoms with E-state index in [-0.39, 0.29) is 5.91 Å². The number of methoxy groups -OCH3 is 2. The van der Waals surface area contributed by atoms with Crippen LogP contribution in [0.1, 0.15) is 21.5 Å². The van der Waals surface area contributed by atoms with E-state index in [1.807, 2.05) is 72.8 Å². The Kier molecular flexibility index (Phi) is 7.64. The second kappa shape index (κ2) is 11.0. The molecule has 0 saturated carbocycles. The Balaban J connectivity index is 1.49. The second-order valence-electron chi connectivity index (χ2n) is 7.41. The van der Waals surface area contributed by atoms with Crippen LogP contribution in [0.4, 0.5) is 0 Å². The zero-order valence-electron chi connectivity index (χ0n) is 18.7. The highest BCUT2D eigenvalue weighted by atomic mass is 127. The van der Waals surface area contributed by atoms with Crippen LogP contribution in [0, 0.1) is 3.57 Å². The van der Waals surface area contributed by atoms with Gasteiger partial charge in [-0.05, 0) is 68.8 Å². The smallest absolute Gasteiger partial charge is 0.275 e. The van der Waals surface area contributed by atoms with Crippen molar-refractivity contribution in [3.05, 3.63) is 99.1 Å². The van der Waals surface area contributed by atoms with Crippen LogP contribution in [-0.2, 0) is 6.61 Å². The molecule has 172 valence electrons. The fraction of sp³-hybridized carbons (Fsp3) is 0.111. The number of fused-ring (bicyclic) bond motifs is 1. The van der Waals surface area contributed by atoms with Crippen molar-refractivity contribution in [1.82, 2.24) is 5.43 Å². The number of amides is 1. The van der Waals surface area contributed by atoms with Crippen molar-refractivity contribution >= 4 is 45.5 Å². The molecule has 34 heavy (non-hydrogen) atoms. The van der Waals surface area contributed by atoms with Crippen molar-refractivity contribution in [3.63, 3.8) is 0 Å². The molecule has 0 aliphatic rings. The van der Waals surface area contributed by atoms with Gasteiger partial charge in [0, 0.05) is 0 Å². The molecule has 0 atom stereocenters. The molecule has 0 bridgehead atoms. The van der Waals surface area contributed by atoms with Crippen LogP contribution in [0.5, 0.6) is 17.2 Å². The number of carbonyl (C=O) groups excluding carboxylic acids is 1. The summed E-state index contributed by atoms with van der Waals surface area (Å²) < 4.78 is 17.8. The van der Waals surface area contributed by atoms with Crippen molar-refractivity contribution in [3.8, 4) is 17.2 Å². The third kappa shape index (κ3) is 5.48. The fourth-order valence-electron chi connectivity index (χ4n) is 3.48. The van der Waals surface area contributed by atoms with Crippen molar-refractivity contribution < 1.29 is 19.0 Å². The summed E-state index contributed by atoms with van der Waals surface area (Å²) in [7, 11) is 3.13. The van der Waals surface area contributed by atoms with Gasteiger partial charge in [-0.3, -0.25) is 4.79 Å². The van der Waals surface area contributed by atoms with E-state index in [1.165, 1.54) is 0 Å². The first kappa shape index (κ1) is 23.6. The Labute approximate surface area is 211 Å². The highest BCUT2D eigenvalue weighted by Crippen LogP contribution is 2.34. The van der Waals surface area contributed by atoms with Gasteiger partial charge in [0.25, 0.3) is 5.91 Å². The van der Waals surface area contributed by atoms with Gasteiger partial charge in [-0.2, -0.15) is 5.10 Å². The van der Waals surface area contributed by atoms with Gasteiger partial charge < -0.3 is 14.2 Å². The van der Waals surface area contributed by atoms with E-state index >= 15 is 0 Å². The summed E-state index contributed by atoms with van der Waals surface area (Å²) >= 11 is 2.20. The minimum atomic E-state index is -0.358. The normalized spacial score (nSPS) is 10.9. The molecule has 4 aromatic rings. The summed E-state index contributed by atoms with van der Waals surface area (Å²) in [5, 5.41) is 6.08. The lowest BCUT2D eigenvalue weighted by molar-refractivity contribution is 0.0952. The van der Waals surface area contributed by atoms with Crippen LogP contribution in [0.25, 0.3) is 10.8 Å². The SMILES string of the molecule is COc1cc2ccccc2cc1C(=O)N/N=C\c1cc(I)c(OCc2ccccc2)c(OC)c1. The summed E-state index contributed by atoms with van der Waals surface area (Å²) in [4.78, 5) is 12.8. The number of rotatable bonds is 8. The van der Waals surface area contributed by atoms with Gasteiger partial charge in [0.15, 0.2) is 11.5 Å². The van der Waals surface area contributed by atoms with Crippen LogP contribution in [0.3, 0.4) is 0 Å². The number of ether oxygens (including phenoxy) is 3. The highest BCUT2D eigenvalue weighted by Gasteiger charge is 2.14. The molecule has 0 aromatic heterocycles. The standard InChI is InChI=1S/C27H23IN2O4/c1-32-24-15-21-11-7-6-10-20(21)14-22(24)27(31)30-29-16-19-12-23(28)26(25(13-19)33-2)34-17-18-8-4-3-5-9-18/h3-16H,17H2,1-2H3,(H,30,31)/b29-16-. The average Bonchev–Trinajstić information content (AvgIpc) is 2.87. The topological polar surface area (TPSA) is 69.2 Å². The molecule has 1 N–H and O–H groups in total. The first-order valence-corrected chi connectivity index (χ1v) is 11.6. The molecule has 0 heterocycles. The summed E-state index contributed by atoms with van der Waals surface area (Å²) in [6, 6.07) is 25.1. The summed E-state index contributed by atoms with van der Waals surface area (Å²) in [5.74, 6) is 1.38. The third-order valence-corrected chi connectivity index (χ3v) is 5.97. The lowest BCUT2D eigenvalue weighted by atomic mass is 10.1. The monoisotopic (exact) mass is 566 g/mol. The zero-order chi connectivity index (χ0) is 23.9. The lowest BCUT2D eigenvalue weighted by Crippen LogP contribution is -2.18. The number of hydrogen-bond donors (Lipinski definition) is 1. The van der Waals surface area contributed by atoms with Gasteiger partial charge >= 0.3 is 0 Å². The minimum Gasteiger partial charge on any atom is -0.496 e. The third-order valence-electron chi connectivity index (χ3n) is 5.17. The molecule has 0 aliphatic heterocycles. The predicted octanol–water partition coefficient (Wildman–Crippen LogP) is 5.80. The van der Waals surface area contributed by atoms with Crippen molar-refractivity contribution in [2.75, 3.05) is 14.2 Å². The number of hydrogen-bond acceptors (Lipinski definition) is 5. The Morgan fingerprint density at radius 3 is 2.29 bits per heavy atom. The van der Waals surface area contributed by atoms with Crippen LogP contribution in [-0.4, -0.2) is 26.3 Å². The van der Waals surface area contributed by atoms with Gasteiger partial charge in [0.05, 0.1) is 29.6 Å². The molecule has 0 unspecified atom stereocenters. The molecule has 1 amide bonds. The molecule has 0 radical (unpaired) electrons. The molecular weight excluding hydrogens is 543 g/mol. The van der Waals surface area contributed by atoms with Crippen molar-refractivity contribution in [2.24, 2.45) is 5.10 Å². The van der Waals surface area contributed by atoms with Gasteiger partial charge in [0.2, 0.25) is 0 Å². The van der Waals surface area contributed by atoms with Crippen LogP contribution < -0.4 is 19.6 Å². The number of carbonyl (C=O) groups is 1. The molecule has 4 rings (SSSR count). The number of nitrogens with one attached hydrogen (secondary N) is 1. The number of benzene rings is 4. The maximum absolute atomic E-state index is 12.8. The largest absolute Gasteiger partial charge is 0.496 e. The number of halogens is 1. The molecule has 0 spiro atoms. The van der Waals surface area contributed by atoms with Crippen LogP contribution in [0.15, 0.2) is 84.0 Å². The first-order valence-electron chi connectivity index (χ1n) is 10.5. The van der Waals surface area contributed by atoms with Gasteiger partial charge in [-0.1, -0.05) is 54.6 Å². The Hall–Kier alpha value is -3.59.